The molecule has 1 saturated heterocycles. The van der Waals surface area contributed by atoms with Crippen LogP contribution in [-0.2, 0) is 4.79 Å². The van der Waals surface area contributed by atoms with E-state index >= 15 is 0 Å². The van der Waals surface area contributed by atoms with Gasteiger partial charge in [0.2, 0.25) is 5.91 Å². The summed E-state index contributed by atoms with van der Waals surface area (Å²) in [4.78, 5) is 40.8. The lowest BCUT2D eigenvalue weighted by molar-refractivity contribution is -0.124. The first-order chi connectivity index (χ1) is 13.8. The molecule has 3 rings (SSSR count). The summed E-state index contributed by atoms with van der Waals surface area (Å²) in [6.45, 7) is 5.50. The van der Waals surface area contributed by atoms with E-state index in [1.165, 1.54) is 18.2 Å². The Bertz CT molecular complexity index is 1030. The summed E-state index contributed by atoms with van der Waals surface area (Å²) in [7, 11) is 0. The third-order valence-electron chi connectivity index (χ3n) is 4.58. The van der Waals surface area contributed by atoms with E-state index in [9.17, 15) is 18.8 Å². The van der Waals surface area contributed by atoms with Gasteiger partial charge in [-0.15, -0.1) is 0 Å². The van der Waals surface area contributed by atoms with Crippen molar-refractivity contribution in [3.05, 3.63) is 71.3 Å². The lowest BCUT2D eigenvalue weighted by Crippen LogP contribution is -2.32. The highest BCUT2D eigenvalue weighted by Crippen LogP contribution is 2.27. The zero-order valence-electron chi connectivity index (χ0n) is 15.7. The third kappa shape index (κ3) is 4.21. The topological polar surface area (TPSA) is 105 Å². The molecule has 29 heavy (non-hydrogen) atoms. The van der Waals surface area contributed by atoms with Gasteiger partial charge in [-0.05, 0) is 53.5 Å². The fraction of sp³-hybridized carbons (Fsp3) is 0.143. The number of pyridine rings is 1. The number of carbonyl (C=O) groups excluding carboxylic acids is 3. The van der Waals surface area contributed by atoms with Crippen LogP contribution >= 0.6 is 0 Å². The number of halogens is 1. The van der Waals surface area contributed by atoms with Crippen molar-refractivity contribution in [1.82, 2.24) is 15.2 Å². The highest BCUT2D eigenvalue weighted by Gasteiger charge is 2.28. The molecule has 148 valence electrons. The van der Waals surface area contributed by atoms with E-state index < -0.39 is 11.9 Å². The number of primary amides is 1. The number of rotatable bonds is 6. The number of nitrogens with zero attached hydrogens (tertiary/aromatic N) is 2. The van der Waals surface area contributed by atoms with Crippen LogP contribution in [-0.4, -0.2) is 40.8 Å². The molecule has 1 aromatic carbocycles. The van der Waals surface area contributed by atoms with Crippen LogP contribution in [0.4, 0.5) is 9.18 Å². The predicted molar refractivity (Wildman–Crippen MR) is 106 cm³/mol. The number of benzene rings is 1. The Morgan fingerprint density at radius 3 is 2.59 bits per heavy atom. The fourth-order valence-electron chi connectivity index (χ4n) is 2.97. The summed E-state index contributed by atoms with van der Waals surface area (Å²) in [6.07, 6.45) is 3.15. The number of hydrogen-bond acceptors (Lipinski definition) is 4. The van der Waals surface area contributed by atoms with Gasteiger partial charge in [0.15, 0.2) is 0 Å². The number of nitrogens with two attached hydrogens (primary N) is 1. The summed E-state index contributed by atoms with van der Waals surface area (Å²) < 4.78 is 13.3. The number of amides is 4. The van der Waals surface area contributed by atoms with Gasteiger partial charge < -0.3 is 11.1 Å². The van der Waals surface area contributed by atoms with E-state index in [2.05, 4.69) is 16.9 Å². The zero-order chi connectivity index (χ0) is 21.1. The van der Waals surface area contributed by atoms with Gasteiger partial charge in [-0.2, -0.15) is 0 Å². The van der Waals surface area contributed by atoms with E-state index in [0.29, 0.717) is 22.4 Å². The van der Waals surface area contributed by atoms with Crippen molar-refractivity contribution >= 4 is 23.9 Å². The van der Waals surface area contributed by atoms with Crippen molar-refractivity contribution in [2.75, 3.05) is 13.1 Å². The molecule has 4 amide bonds. The molecule has 0 spiro atoms. The number of urea groups is 1. The maximum atomic E-state index is 13.3. The zero-order valence-corrected chi connectivity index (χ0v) is 15.7. The fourth-order valence-corrected chi connectivity index (χ4v) is 2.97. The predicted octanol–water partition coefficient (Wildman–Crippen LogP) is 2.42. The van der Waals surface area contributed by atoms with E-state index in [0.717, 1.165) is 10.5 Å². The van der Waals surface area contributed by atoms with Gasteiger partial charge in [-0.25, -0.2) is 14.2 Å². The standard InChI is InChI=1S/C21H19FN4O3/c1-3-13(11-26-19(27)10-24-21(26)29)8-17-12(2)16(9-18(25-17)20(23)28)14-4-6-15(22)7-5-14/h3-9H,1,10-11H2,2H3,(H2,23,28)(H,24,29)/b13-8+. The summed E-state index contributed by atoms with van der Waals surface area (Å²) >= 11 is 0. The molecule has 2 heterocycles. The monoisotopic (exact) mass is 394 g/mol. The summed E-state index contributed by atoms with van der Waals surface area (Å²) in [5, 5.41) is 2.45. The molecule has 0 aliphatic carbocycles. The second-order valence-electron chi connectivity index (χ2n) is 6.50. The first kappa shape index (κ1) is 19.9. The lowest BCUT2D eigenvalue weighted by atomic mass is 9.97. The van der Waals surface area contributed by atoms with Gasteiger partial charge in [0, 0.05) is 0 Å². The van der Waals surface area contributed by atoms with E-state index in [1.54, 1.807) is 31.2 Å². The van der Waals surface area contributed by atoms with Crippen molar-refractivity contribution in [3.63, 3.8) is 0 Å². The Morgan fingerprint density at radius 1 is 1.34 bits per heavy atom. The SMILES string of the molecule is C=C/C(=C\c1nc(C(N)=O)cc(-c2ccc(F)cc2)c1C)CN1C(=O)CNC1=O. The van der Waals surface area contributed by atoms with Gasteiger partial charge in [0.05, 0.1) is 18.8 Å². The largest absolute Gasteiger partial charge is 0.364 e. The summed E-state index contributed by atoms with van der Waals surface area (Å²) in [6, 6.07) is 6.90. The van der Waals surface area contributed by atoms with Crippen LogP contribution in [0.5, 0.6) is 0 Å². The second kappa shape index (κ2) is 8.05. The first-order valence-electron chi connectivity index (χ1n) is 8.78. The van der Waals surface area contributed by atoms with Crippen LogP contribution < -0.4 is 11.1 Å². The van der Waals surface area contributed by atoms with Gasteiger partial charge in [0.1, 0.15) is 11.5 Å². The number of hydrogen-bond donors (Lipinski definition) is 2. The average molecular weight is 394 g/mol. The number of nitrogens with one attached hydrogen (secondary N) is 1. The minimum Gasteiger partial charge on any atom is -0.364 e. The molecule has 0 atom stereocenters. The number of carbonyl (C=O) groups is 3. The van der Waals surface area contributed by atoms with Crippen LogP contribution in [0, 0.1) is 12.7 Å². The molecule has 2 aromatic rings. The minimum absolute atomic E-state index is 0.0158. The Hall–Kier alpha value is -3.81. The molecule has 1 aliphatic heterocycles. The van der Waals surface area contributed by atoms with Gasteiger partial charge in [0.25, 0.3) is 5.91 Å². The molecule has 1 aromatic heterocycles. The number of imide groups is 1. The van der Waals surface area contributed by atoms with Crippen LogP contribution in [0.2, 0.25) is 0 Å². The molecular weight excluding hydrogens is 375 g/mol. The highest BCUT2D eigenvalue weighted by atomic mass is 19.1. The third-order valence-corrected chi connectivity index (χ3v) is 4.58. The van der Waals surface area contributed by atoms with Crippen molar-refractivity contribution in [2.45, 2.75) is 6.92 Å². The van der Waals surface area contributed by atoms with Crippen molar-refractivity contribution < 1.29 is 18.8 Å². The molecule has 3 N–H and O–H groups in total. The quantitative estimate of drug-likeness (QED) is 0.580. The smallest absolute Gasteiger partial charge is 0.324 e. The van der Waals surface area contributed by atoms with Gasteiger partial charge >= 0.3 is 6.03 Å². The highest BCUT2D eigenvalue weighted by molar-refractivity contribution is 6.02. The maximum Gasteiger partial charge on any atom is 0.324 e. The van der Waals surface area contributed by atoms with Crippen molar-refractivity contribution in [2.24, 2.45) is 5.73 Å². The molecule has 0 unspecified atom stereocenters. The Kier molecular flexibility index (Phi) is 5.54. The van der Waals surface area contributed by atoms with Gasteiger partial charge in [-0.1, -0.05) is 24.8 Å². The Morgan fingerprint density at radius 2 is 2.03 bits per heavy atom. The molecular formula is C21H19FN4O3. The van der Waals surface area contributed by atoms with E-state index in [4.69, 9.17) is 5.73 Å². The molecule has 1 aliphatic rings. The summed E-state index contributed by atoms with van der Waals surface area (Å²) in [5.74, 6) is -1.43. The maximum absolute atomic E-state index is 13.3. The average Bonchev–Trinajstić information content (AvgIpc) is 3.01. The van der Waals surface area contributed by atoms with Crippen molar-refractivity contribution in [3.8, 4) is 11.1 Å². The Balaban J connectivity index is 2.07. The van der Waals surface area contributed by atoms with E-state index in [-0.39, 0.29) is 30.5 Å². The summed E-state index contributed by atoms with van der Waals surface area (Å²) in [5.41, 5.74) is 8.53. The lowest BCUT2D eigenvalue weighted by Gasteiger charge is -2.15. The Labute approximate surface area is 166 Å². The molecule has 7 nitrogen and oxygen atoms in total. The van der Waals surface area contributed by atoms with E-state index in [1.807, 2.05) is 0 Å². The molecule has 0 radical (unpaired) electrons. The molecule has 0 saturated carbocycles. The van der Waals surface area contributed by atoms with Crippen LogP contribution in [0.3, 0.4) is 0 Å². The molecule has 8 heteroatoms. The molecule has 0 bridgehead atoms. The van der Waals surface area contributed by atoms with Crippen LogP contribution in [0.25, 0.3) is 17.2 Å². The minimum atomic E-state index is -0.711. The van der Waals surface area contributed by atoms with Crippen LogP contribution in [0.15, 0.2) is 48.6 Å². The van der Waals surface area contributed by atoms with Crippen molar-refractivity contribution in [1.29, 1.82) is 0 Å². The van der Waals surface area contributed by atoms with Crippen LogP contribution in [0.1, 0.15) is 21.7 Å². The first-order valence-corrected chi connectivity index (χ1v) is 8.78. The van der Waals surface area contributed by atoms with Gasteiger partial charge in [-0.3, -0.25) is 14.5 Å². The second-order valence-corrected chi connectivity index (χ2v) is 6.50. The molecule has 1 fully saturated rings. The number of aromatic nitrogens is 1. The normalized spacial score (nSPS) is 14.1.